The second kappa shape index (κ2) is 4.87. The summed E-state index contributed by atoms with van der Waals surface area (Å²) in [4.78, 5) is 24.8. The maximum absolute atomic E-state index is 11.7. The van der Waals surface area contributed by atoms with Gasteiger partial charge in [0.1, 0.15) is 5.69 Å². The summed E-state index contributed by atoms with van der Waals surface area (Å²) in [5, 5.41) is 14.0. The van der Waals surface area contributed by atoms with E-state index in [1.165, 1.54) is 12.1 Å². The molecule has 1 aromatic heterocycles. The van der Waals surface area contributed by atoms with Gasteiger partial charge in [-0.3, -0.25) is 14.9 Å². The van der Waals surface area contributed by atoms with Crippen molar-refractivity contribution in [1.29, 1.82) is 0 Å². The predicted octanol–water partition coefficient (Wildman–Crippen LogP) is 2.22. The number of rotatable bonds is 4. The van der Waals surface area contributed by atoms with E-state index in [4.69, 9.17) is 0 Å². The molecule has 1 heterocycles. The molecule has 2 aromatic rings. The predicted molar refractivity (Wildman–Crippen MR) is 67.6 cm³/mol. The van der Waals surface area contributed by atoms with Crippen molar-refractivity contribution in [3.63, 3.8) is 0 Å². The van der Waals surface area contributed by atoms with Crippen molar-refractivity contribution in [3.8, 4) is 0 Å². The van der Waals surface area contributed by atoms with E-state index in [1.807, 2.05) is 6.92 Å². The normalized spacial score (nSPS) is 10.5. The van der Waals surface area contributed by atoms with Gasteiger partial charge in [-0.1, -0.05) is 6.92 Å². The van der Waals surface area contributed by atoms with Crippen molar-refractivity contribution in [2.45, 2.75) is 13.3 Å². The highest BCUT2D eigenvalue weighted by Gasteiger charge is 2.11. The van der Waals surface area contributed by atoms with Crippen molar-refractivity contribution in [2.75, 3.05) is 6.54 Å². The maximum atomic E-state index is 11.7. The third kappa shape index (κ3) is 2.32. The van der Waals surface area contributed by atoms with E-state index in [0.29, 0.717) is 23.1 Å². The van der Waals surface area contributed by atoms with E-state index < -0.39 is 4.92 Å². The van der Waals surface area contributed by atoms with Crippen molar-refractivity contribution >= 4 is 22.5 Å². The van der Waals surface area contributed by atoms with Crippen LogP contribution in [0.3, 0.4) is 0 Å². The Kier molecular flexibility index (Phi) is 3.27. The molecule has 0 aliphatic carbocycles. The summed E-state index contributed by atoms with van der Waals surface area (Å²) in [7, 11) is 0. The van der Waals surface area contributed by atoms with Gasteiger partial charge in [0.25, 0.3) is 11.6 Å². The Morgan fingerprint density at radius 2 is 2.22 bits per heavy atom. The van der Waals surface area contributed by atoms with E-state index >= 15 is 0 Å². The van der Waals surface area contributed by atoms with Crippen LogP contribution < -0.4 is 5.32 Å². The fraction of sp³-hybridized carbons (Fsp3) is 0.250. The molecule has 6 nitrogen and oxygen atoms in total. The first-order chi connectivity index (χ1) is 8.61. The molecule has 94 valence electrons. The molecule has 1 aromatic carbocycles. The Hall–Kier alpha value is -2.37. The summed E-state index contributed by atoms with van der Waals surface area (Å²) in [6.45, 7) is 2.57. The molecule has 0 saturated carbocycles. The number of carbonyl (C=O) groups excluding carboxylic acids is 1. The van der Waals surface area contributed by atoms with E-state index in [-0.39, 0.29) is 11.6 Å². The molecule has 1 amide bonds. The Labute approximate surface area is 103 Å². The summed E-state index contributed by atoms with van der Waals surface area (Å²) < 4.78 is 0. The highest BCUT2D eigenvalue weighted by Crippen LogP contribution is 2.21. The highest BCUT2D eigenvalue weighted by molar-refractivity contribution is 5.98. The third-order valence-corrected chi connectivity index (χ3v) is 2.60. The molecule has 18 heavy (non-hydrogen) atoms. The molecule has 0 radical (unpaired) electrons. The van der Waals surface area contributed by atoms with Crippen LogP contribution in [0.2, 0.25) is 0 Å². The van der Waals surface area contributed by atoms with E-state index in [0.717, 1.165) is 6.42 Å². The quantitative estimate of drug-likeness (QED) is 0.641. The van der Waals surface area contributed by atoms with Gasteiger partial charge in [-0.15, -0.1) is 0 Å². The number of amides is 1. The molecule has 0 unspecified atom stereocenters. The molecule has 0 bridgehead atoms. The number of aromatic nitrogens is 1. The molecule has 2 rings (SSSR count). The number of nitrogens with zero attached hydrogens (tertiary/aromatic N) is 1. The third-order valence-electron chi connectivity index (χ3n) is 2.60. The number of non-ortho nitro benzene ring substituents is 1. The van der Waals surface area contributed by atoms with Crippen LogP contribution >= 0.6 is 0 Å². The van der Waals surface area contributed by atoms with Crippen LogP contribution in [0.15, 0.2) is 24.3 Å². The van der Waals surface area contributed by atoms with Crippen LogP contribution in [0, 0.1) is 10.1 Å². The SMILES string of the molecule is CCCNC(=O)c1cc2cc([N+](=O)[O-])ccc2[nH]1. The summed E-state index contributed by atoms with van der Waals surface area (Å²) in [6.07, 6.45) is 0.859. The van der Waals surface area contributed by atoms with Gasteiger partial charge in [-0.05, 0) is 18.6 Å². The minimum absolute atomic E-state index is 0.0158. The number of aromatic amines is 1. The van der Waals surface area contributed by atoms with Gasteiger partial charge in [-0.2, -0.15) is 0 Å². The van der Waals surface area contributed by atoms with Gasteiger partial charge < -0.3 is 10.3 Å². The fourth-order valence-corrected chi connectivity index (χ4v) is 1.69. The lowest BCUT2D eigenvalue weighted by Gasteiger charge is -1.99. The summed E-state index contributed by atoms with van der Waals surface area (Å²) >= 11 is 0. The number of carbonyl (C=O) groups is 1. The van der Waals surface area contributed by atoms with Crippen LogP contribution in [-0.4, -0.2) is 22.4 Å². The van der Waals surface area contributed by atoms with Crippen molar-refractivity contribution in [1.82, 2.24) is 10.3 Å². The molecular weight excluding hydrogens is 234 g/mol. The van der Waals surface area contributed by atoms with E-state index in [2.05, 4.69) is 10.3 Å². The van der Waals surface area contributed by atoms with Gasteiger partial charge in [-0.25, -0.2) is 0 Å². The molecule has 0 spiro atoms. The molecular formula is C12H13N3O3. The summed E-state index contributed by atoms with van der Waals surface area (Å²) in [5.41, 5.74) is 1.14. The Morgan fingerprint density at radius 1 is 1.44 bits per heavy atom. The maximum Gasteiger partial charge on any atom is 0.270 e. The summed E-state index contributed by atoms with van der Waals surface area (Å²) in [5.74, 6) is -0.198. The molecule has 6 heteroatoms. The number of nitrogens with one attached hydrogen (secondary N) is 2. The minimum Gasteiger partial charge on any atom is -0.351 e. The first kappa shape index (κ1) is 12.1. The van der Waals surface area contributed by atoms with Crippen LogP contribution in [0.25, 0.3) is 10.9 Å². The Bertz CT molecular complexity index is 604. The smallest absolute Gasteiger partial charge is 0.270 e. The molecule has 2 N–H and O–H groups in total. The van der Waals surface area contributed by atoms with Crippen LogP contribution in [0.5, 0.6) is 0 Å². The molecule has 0 atom stereocenters. The average molecular weight is 247 g/mol. The lowest BCUT2D eigenvalue weighted by molar-refractivity contribution is -0.384. The highest BCUT2D eigenvalue weighted by atomic mass is 16.6. The molecule has 0 saturated heterocycles. The van der Waals surface area contributed by atoms with Gasteiger partial charge in [0.05, 0.1) is 4.92 Å². The molecule has 0 fully saturated rings. The Morgan fingerprint density at radius 3 is 2.89 bits per heavy atom. The first-order valence-electron chi connectivity index (χ1n) is 5.67. The number of H-pyrrole nitrogens is 1. The zero-order valence-corrected chi connectivity index (χ0v) is 9.90. The van der Waals surface area contributed by atoms with Crippen LogP contribution in [-0.2, 0) is 0 Å². The van der Waals surface area contributed by atoms with E-state index in [9.17, 15) is 14.9 Å². The Balaban J connectivity index is 2.32. The first-order valence-corrected chi connectivity index (χ1v) is 5.67. The standard InChI is InChI=1S/C12H13N3O3/c1-2-5-13-12(16)11-7-8-6-9(15(17)18)3-4-10(8)14-11/h3-4,6-7,14H,2,5H2,1H3,(H,13,16). The monoisotopic (exact) mass is 247 g/mol. The van der Waals surface area contributed by atoms with Gasteiger partial charge in [0, 0.05) is 29.6 Å². The minimum atomic E-state index is -0.455. The van der Waals surface area contributed by atoms with Crippen molar-refractivity contribution < 1.29 is 9.72 Å². The number of hydrogen-bond acceptors (Lipinski definition) is 3. The fourth-order valence-electron chi connectivity index (χ4n) is 1.69. The van der Waals surface area contributed by atoms with Crippen molar-refractivity contribution in [3.05, 3.63) is 40.1 Å². The zero-order valence-electron chi connectivity index (χ0n) is 9.90. The zero-order chi connectivity index (χ0) is 13.1. The second-order valence-corrected chi connectivity index (χ2v) is 3.97. The van der Waals surface area contributed by atoms with Crippen molar-refractivity contribution in [2.24, 2.45) is 0 Å². The molecule has 0 aliphatic heterocycles. The number of hydrogen-bond donors (Lipinski definition) is 2. The van der Waals surface area contributed by atoms with Gasteiger partial charge in [0.15, 0.2) is 0 Å². The lowest BCUT2D eigenvalue weighted by atomic mass is 10.2. The number of fused-ring (bicyclic) bond motifs is 1. The lowest BCUT2D eigenvalue weighted by Crippen LogP contribution is -2.24. The number of nitro benzene ring substituents is 1. The largest absolute Gasteiger partial charge is 0.351 e. The van der Waals surface area contributed by atoms with Crippen LogP contribution in [0.1, 0.15) is 23.8 Å². The van der Waals surface area contributed by atoms with Crippen LogP contribution in [0.4, 0.5) is 5.69 Å². The number of benzene rings is 1. The number of nitro groups is 1. The topological polar surface area (TPSA) is 88.0 Å². The summed E-state index contributed by atoms with van der Waals surface area (Å²) in [6, 6.07) is 6.08. The average Bonchev–Trinajstić information content (AvgIpc) is 2.78. The van der Waals surface area contributed by atoms with E-state index in [1.54, 1.807) is 12.1 Å². The molecule has 0 aliphatic rings. The van der Waals surface area contributed by atoms with Gasteiger partial charge in [0.2, 0.25) is 0 Å². The second-order valence-electron chi connectivity index (χ2n) is 3.97. The van der Waals surface area contributed by atoms with Gasteiger partial charge >= 0.3 is 0 Å².